The predicted molar refractivity (Wildman–Crippen MR) is 123 cm³/mol. The van der Waals surface area contributed by atoms with E-state index in [9.17, 15) is 25.2 Å². The molecule has 0 aliphatic carbocycles. The fourth-order valence-electron chi connectivity index (χ4n) is 4.86. The van der Waals surface area contributed by atoms with Gasteiger partial charge in [-0.15, -0.1) is 0 Å². The number of ether oxygens (including phenoxy) is 2. The molecule has 0 radical (unpaired) electrons. The maximum Gasteiger partial charge on any atom is 0.254 e. The zero-order valence-electron chi connectivity index (χ0n) is 19.0. The van der Waals surface area contributed by atoms with Gasteiger partial charge in [-0.1, -0.05) is 25.1 Å². The third-order valence-electron chi connectivity index (χ3n) is 6.82. The van der Waals surface area contributed by atoms with E-state index in [1.165, 1.54) is 0 Å². The van der Waals surface area contributed by atoms with Crippen molar-refractivity contribution in [2.45, 2.75) is 63.6 Å². The summed E-state index contributed by atoms with van der Waals surface area (Å²) >= 11 is 0. The van der Waals surface area contributed by atoms with Gasteiger partial charge in [0.05, 0.1) is 36.2 Å². The first kappa shape index (κ1) is 23.1. The van der Waals surface area contributed by atoms with Crippen LogP contribution >= 0.6 is 0 Å². The normalized spacial score (nSPS) is 26.9. The summed E-state index contributed by atoms with van der Waals surface area (Å²) in [6.07, 6.45) is -7.06. The summed E-state index contributed by atoms with van der Waals surface area (Å²) in [7, 11) is 0. The van der Waals surface area contributed by atoms with Crippen molar-refractivity contribution in [3.8, 4) is 11.4 Å². The van der Waals surface area contributed by atoms with E-state index in [1.807, 2.05) is 37.3 Å². The van der Waals surface area contributed by atoms with Crippen molar-refractivity contribution in [1.82, 2.24) is 9.55 Å². The molecule has 0 spiro atoms. The lowest BCUT2D eigenvalue weighted by molar-refractivity contribution is -0.312. The Labute approximate surface area is 195 Å². The standard InChI is InChI=1S/C25H28N2O7/c1-3-18(33-25-23(31)22(30)21(29)19(11-28)34-25)15-9-17-20-14(10-27(17)24(32)12(15)2)8-13-6-4-5-7-16(13)26-20/h4-9,18-19,21-23,25,28-31H,3,10-11H2,1-2H3. The van der Waals surface area contributed by atoms with Gasteiger partial charge in [-0.3, -0.25) is 4.79 Å². The molecular formula is C25H28N2O7. The molecule has 6 atom stereocenters. The lowest BCUT2D eigenvalue weighted by atomic mass is 9.98. The van der Waals surface area contributed by atoms with Crippen molar-refractivity contribution in [1.29, 1.82) is 0 Å². The van der Waals surface area contributed by atoms with Gasteiger partial charge in [0, 0.05) is 16.5 Å². The monoisotopic (exact) mass is 468 g/mol. The van der Waals surface area contributed by atoms with Crippen LogP contribution in [0.5, 0.6) is 0 Å². The van der Waals surface area contributed by atoms with Crippen LogP contribution in [0.1, 0.15) is 36.1 Å². The number of fused-ring (bicyclic) bond motifs is 4. The van der Waals surface area contributed by atoms with Gasteiger partial charge in [0.15, 0.2) is 6.29 Å². The van der Waals surface area contributed by atoms with Gasteiger partial charge in [0.25, 0.3) is 5.56 Å². The van der Waals surface area contributed by atoms with Crippen LogP contribution in [0.2, 0.25) is 0 Å². The molecule has 2 aliphatic heterocycles. The number of rotatable bonds is 5. The number of hydrogen-bond acceptors (Lipinski definition) is 8. The maximum absolute atomic E-state index is 13.3. The van der Waals surface area contributed by atoms with Gasteiger partial charge in [-0.05, 0) is 37.1 Å². The summed E-state index contributed by atoms with van der Waals surface area (Å²) in [5.74, 6) is 0. The number of aliphatic hydroxyl groups is 4. The summed E-state index contributed by atoms with van der Waals surface area (Å²) in [5, 5.41) is 41.0. The molecule has 3 aromatic rings. The molecule has 2 aromatic heterocycles. The molecule has 4 N–H and O–H groups in total. The Balaban J connectivity index is 1.53. The molecular weight excluding hydrogens is 440 g/mol. The highest BCUT2D eigenvalue weighted by Gasteiger charge is 2.45. The van der Waals surface area contributed by atoms with Crippen LogP contribution in [0.4, 0.5) is 0 Å². The zero-order chi connectivity index (χ0) is 24.1. The number of benzene rings is 1. The molecule has 0 amide bonds. The van der Waals surface area contributed by atoms with Crippen molar-refractivity contribution < 1.29 is 29.9 Å². The minimum absolute atomic E-state index is 0.148. The van der Waals surface area contributed by atoms with Crippen molar-refractivity contribution in [2.24, 2.45) is 0 Å². The summed E-state index contributed by atoms with van der Waals surface area (Å²) in [5.41, 5.74) is 4.26. The molecule has 34 heavy (non-hydrogen) atoms. The summed E-state index contributed by atoms with van der Waals surface area (Å²) < 4.78 is 13.2. The van der Waals surface area contributed by atoms with Gasteiger partial charge < -0.3 is 34.5 Å². The second kappa shape index (κ2) is 8.84. The minimum Gasteiger partial charge on any atom is -0.394 e. The van der Waals surface area contributed by atoms with E-state index in [-0.39, 0.29) is 5.56 Å². The molecule has 1 saturated heterocycles. The Kier molecular flexibility index (Phi) is 6.01. The highest BCUT2D eigenvalue weighted by Crippen LogP contribution is 2.36. The fraction of sp³-hybridized carbons (Fsp3) is 0.440. The fourth-order valence-corrected chi connectivity index (χ4v) is 4.86. The Morgan fingerprint density at radius 1 is 1.18 bits per heavy atom. The van der Waals surface area contributed by atoms with E-state index in [0.717, 1.165) is 22.2 Å². The Morgan fingerprint density at radius 3 is 2.68 bits per heavy atom. The van der Waals surface area contributed by atoms with Crippen LogP contribution in [0.3, 0.4) is 0 Å². The van der Waals surface area contributed by atoms with Crippen molar-refractivity contribution in [3.63, 3.8) is 0 Å². The first-order valence-electron chi connectivity index (χ1n) is 11.4. The molecule has 4 heterocycles. The molecule has 0 bridgehead atoms. The number of aliphatic hydroxyl groups excluding tert-OH is 4. The first-order valence-corrected chi connectivity index (χ1v) is 11.4. The van der Waals surface area contributed by atoms with Gasteiger partial charge >= 0.3 is 0 Å². The van der Waals surface area contributed by atoms with Gasteiger partial charge in [-0.2, -0.15) is 0 Å². The minimum atomic E-state index is -1.54. The second-order valence-corrected chi connectivity index (χ2v) is 8.92. The van der Waals surface area contributed by atoms with Crippen LogP contribution in [0, 0.1) is 6.92 Å². The third-order valence-corrected chi connectivity index (χ3v) is 6.82. The van der Waals surface area contributed by atoms with E-state index in [1.54, 1.807) is 11.5 Å². The summed E-state index contributed by atoms with van der Waals surface area (Å²) in [6, 6.07) is 11.7. The van der Waals surface area contributed by atoms with Gasteiger partial charge in [0.1, 0.15) is 24.4 Å². The van der Waals surface area contributed by atoms with E-state index in [2.05, 4.69) is 6.07 Å². The Bertz CT molecular complexity index is 1290. The first-order chi connectivity index (χ1) is 16.3. The SMILES string of the molecule is CCC(OC1OC(CO)C(O)C(O)C1O)c1cc2n(c(=O)c1C)Cc1cc3ccccc3nc1-2. The number of pyridine rings is 2. The van der Waals surface area contributed by atoms with E-state index >= 15 is 0 Å². The lowest BCUT2D eigenvalue weighted by Gasteiger charge is -2.41. The number of aromatic nitrogens is 2. The van der Waals surface area contributed by atoms with Crippen LogP contribution in [0.25, 0.3) is 22.3 Å². The number of para-hydroxylation sites is 1. The molecule has 9 nitrogen and oxygen atoms in total. The quantitative estimate of drug-likeness (QED) is 0.341. The molecule has 2 aliphatic rings. The Morgan fingerprint density at radius 2 is 1.94 bits per heavy atom. The van der Waals surface area contributed by atoms with E-state index < -0.39 is 43.4 Å². The van der Waals surface area contributed by atoms with Crippen molar-refractivity contribution in [3.05, 3.63) is 63.4 Å². The van der Waals surface area contributed by atoms with E-state index in [0.29, 0.717) is 29.8 Å². The average Bonchev–Trinajstić information content (AvgIpc) is 3.20. The van der Waals surface area contributed by atoms with Gasteiger partial charge in [-0.25, -0.2) is 4.98 Å². The highest BCUT2D eigenvalue weighted by atomic mass is 16.7. The second-order valence-electron chi connectivity index (χ2n) is 8.92. The average molecular weight is 469 g/mol. The number of hydrogen-bond donors (Lipinski definition) is 4. The molecule has 180 valence electrons. The van der Waals surface area contributed by atoms with Crippen LogP contribution in [0.15, 0.2) is 41.2 Å². The van der Waals surface area contributed by atoms with Crippen LogP contribution in [-0.2, 0) is 16.0 Å². The highest BCUT2D eigenvalue weighted by molar-refractivity contribution is 5.83. The van der Waals surface area contributed by atoms with Gasteiger partial charge in [0.2, 0.25) is 0 Å². The van der Waals surface area contributed by atoms with Crippen molar-refractivity contribution in [2.75, 3.05) is 6.61 Å². The van der Waals surface area contributed by atoms with Crippen LogP contribution in [-0.4, -0.2) is 67.3 Å². The third kappa shape index (κ3) is 3.65. The lowest BCUT2D eigenvalue weighted by Crippen LogP contribution is -2.59. The van der Waals surface area contributed by atoms with E-state index in [4.69, 9.17) is 14.5 Å². The molecule has 9 heteroatoms. The molecule has 1 aromatic carbocycles. The van der Waals surface area contributed by atoms with Crippen molar-refractivity contribution >= 4 is 10.9 Å². The summed E-state index contributed by atoms with van der Waals surface area (Å²) in [6.45, 7) is 3.50. The largest absolute Gasteiger partial charge is 0.394 e. The molecule has 1 fully saturated rings. The maximum atomic E-state index is 13.3. The molecule has 6 unspecified atom stereocenters. The molecule has 0 saturated carbocycles. The van der Waals surface area contributed by atoms with Crippen LogP contribution < -0.4 is 5.56 Å². The molecule has 5 rings (SSSR count). The number of nitrogens with zero attached hydrogens (tertiary/aromatic N) is 2. The Hall–Kier alpha value is -2.66. The summed E-state index contributed by atoms with van der Waals surface area (Å²) in [4.78, 5) is 18.1. The topological polar surface area (TPSA) is 134 Å². The zero-order valence-corrected chi connectivity index (χ0v) is 19.0. The smallest absolute Gasteiger partial charge is 0.254 e. The predicted octanol–water partition coefficient (Wildman–Crippen LogP) is 1.00.